The van der Waals surface area contributed by atoms with Crippen LogP contribution in [0.3, 0.4) is 0 Å². The third-order valence-electron chi connectivity index (χ3n) is 6.95. The van der Waals surface area contributed by atoms with Crippen LogP contribution in [0.2, 0.25) is 0 Å². The second-order valence-electron chi connectivity index (χ2n) is 9.50. The van der Waals surface area contributed by atoms with Crippen molar-refractivity contribution in [3.8, 4) is 33.0 Å². The van der Waals surface area contributed by atoms with Gasteiger partial charge in [0.15, 0.2) is 0 Å². The van der Waals surface area contributed by atoms with Gasteiger partial charge in [-0.2, -0.15) is 0 Å². The Kier molecular flexibility index (Phi) is 6.11. The molecule has 1 N–H and O–H groups in total. The third kappa shape index (κ3) is 4.53. The summed E-state index contributed by atoms with van der Waals surface area (Å²) in [5.74, 6) is -0.186. The number of fused-ring (bicyclic) bond motifs is 2. The van der Waals surface area contributed by atoms with E-state index in [4.69, 9.17) is 9.97 Å². The van der Waals surface area contributed by atoms with Gasteiger partial charge in [0.2, 0.25) is 0 Å². The van der Waals surface area contributed by atoms with Crippen molar-refractivity contribution in [1.29, 1.82) is 0 Å². The zero-order valence-electron chi connectivity index (χ0n) is 21.4. The summed E-state index contributed by atoms with van der Waals surface area (Å²) in [4.78, 5) is 23.6. The van der Waals surface area contributed by atoms with Crippen molar-refractivity contribution >= 4 is 44.1 Å². The first kappa shape index (κ1) is 23.9. The highest BCUT2D eigenvalue weighted by Crippen LogP contribution is 2.35. The largest absolute Gasteiger partial charge is 0.321 e. The standard InChI is InChI=1S/C35H23N3OS/c39-34(37-30-15-7-5-13-27(30)35-38-31-16-8-9-17-33(31)40-35)28-22-32(36-29-14-6-4-12-26(28)29)25-20-18-24(19-21-25)23-10-2-1-3-11-23/h1-22H,(H,37,39). The van der Waals surface area contributed by atoms with Gasteiger partial charge in [-0.05, 0) is 47.5 Å². The van der Waals surface area contributed by atoms with Crippen LogP contribution in [0.25, 0.3) is 54.1 Å². The van der Waals surface area contributed by atoms with Gasteiger partial charge in [0, 0.05) is 16.5 Å². The minimum Gasteiger partial charge on any atom is -0.321 e. The number of amides is 1. The number of carbonyl (C=O) groups is 1. The van der Waals surface area contributed by atoms with E-state index < -0.39 is 0 Å². The molecule has 1 amide bonds. The maximum atomic E-state index is 13.9. The van der Waals surface area contributed by atoms with Crippen LogP contribution in [0.5, 0.6) is 0 Å². The lowest BCUT2D eigenvalue weighted by molar-refractivity contribution is 0.102. The molecule has 4 nitrogen and oxygen atoms in total. The molecule has 7 rings (SSSR count). The quantitative estimate of drug-likeness (QED) is 0.240. The minimum absolute atomic E-state index is 0.186. The van der Waals surface area contributed by atoms with Crippen LogP contribution in [0, 0.1) is 0 Å². The van der Waals surface area contributed by atoms with Gasteiger partial charge in [-0.3, -0.25) is 4.79 Å². The zero-order chi connectivity index (χ0) is 26.9. The van der Waals surface area contributed by atoms with Crippen LogP contribution in [0.1, 0.15) is 10.4 Å². The first-order valence-corrected chi connectivity index (χ1v) is 13.9. The molecule has 2 aromatic heterocycles. The molecule has 0 unspecified atom stereocenters. The lowest BCUT2D eigenvalue weighted by Gasteiger charge is -2.13. The highest BCUT2D eigenvalue weighted by atomic mass is 32.1. The molecule has 0 saturated heterocycles. The number of carbonyl (C=O) groups excluding carboxylic acids is 1. The molecule has 0 spiro atoms. The van der Waals surface area contributed by atoms with Crippen LogP contribution in [-0.4, -0.2) is 15.9 Å². The number of para-hydroxylation sites is 3. The van der Waals surface area contributed by atoms with Crippen molar-refractivity contribution in [1.82, 2.24) is 9.97 Å². The number of pyridine rings is 1. The summed E-state index contributed by atoms with van der Waals surface area (Å²) in [7, 11) is 0. The summed E-state index contributed by atoms with van der Waals surface area (Å²) in [5, 5.41) is 4.85. The molecule has 5 heteroatoms. The molecule has 5 aromatic carbocycles. The Morgan fingerprint density at radius 2 is 1.25 bits per heavy atom. The number of benzene rings is 5. The Morgan fingerprint density at radius 1 is 0.600 bits per heavy atom. The topological polar surface area (TPSA) is 54.9 Å². The molecule has 190 valence electrons. The van der Waals surface area contributed by atoms with Gasteiger partial charge in [-0.1, -0.05) is 97.1 Å². The normalized spacial score (nSPS) is 11.1. The maximum Gasteiger partial charge on any atom is 0.256 e. The van der Waals surface area contributed by atoms with Crippen molar-refractivity contribution in [2.45, 2.75) is 0 Å². The highest BCUT2D eigenvalue weighted by molar-refractivity contribution is 7.21. The number of nitrogens with zero attached hydrogens (tertiary/aromatic N) is 2. The van der Waals surface area contributed by atoms with E-state index in [2.05, 4.69) is 47.8 Å². The molecule has 0 aliphatic heterocycles. The number of hydrogen-bond donors (Lipinski definition) is 1. The van der Waals surface area contributed by atoms with Crippen molar-refractivity contribution < 1.29 is 4.79 Å². The number of rotatable bonds is 5. The fourth-order valence-electron chi connectivity index (χ4n) is 4.93. The molecule has 0 radical (unpaired) electrons. The van der Waals surface area contributed by atoms with E-state index in [1.807, 2.05) is 91.0 Å². The van der Waals surface area contributed by atoms with E-state index in [0.29, 0.717) is 5.56 Å². The second kappa shape index (κ2) is 10.2. The first-order chi connectivity index (χ1) is 19.7. The van der Waals surface area contributed by atoms with Gasteiger partial charge in [-0.25, -0.2) is 9.97 Å². The summed E-state index contributed by atoms with van der Waals surface area (Å²) >= 11 is 1.62. The molecule has 0 fully saturated rings. The Hall–Kier alpha value is -5.13. The van der Waals surface area contributed by atoms with Crippen LogP contribution >= 0.6 is 11.3 Å². The monoisotopic (exact) mass is 533 g/mol. The third-order valence-corrected chi connectivity index (χ3v) is 8.02. The molecule has 0 aliphatic rings. The van der Waals surface area contributed by atoms with Gasteiger partial charge >= 0.3 is 0 Å². The zero-order valence-corrected chi connectivity index (χ0v) is 22.2. The van der Waals surface area contributed by atoms with Gasteiger partial charge in [-0.15, -0.1) is 11.3 Å². The number of anilines is 1. The van der Waals surface area contributed by atoms with Crippen LogP contribution < -0.4 is 5.32 Å². The Morgan fingerprint density at radius 3 is 2.08 bits per heavy atom. The van der Waals surface area contributed by atoms with E-state index in [0.717, 1.165) is 59.8 Å². The fourth-order valence-corrected chi connectivity index (χ4v) is 5.94. The molecule has 0 aliphatic carbocycles. The Labute approximate surface area is 235 Å². The van der Waals surface area contributed by atoms with Crippen LogP contribution in [0.4, 0.5) is 5.69 Å². The average molecular weight is 534 g/mol. The predicted molar refractivity (Wildman–Crippen MR) is 166 cm³/mol. The molecule has 40 heavy (non-hydrogen) atoms. The van der Waals surface area contributed by atoms with Gasteiger partial charge < -0.3 is 5.32 Å². The predicted octanol–water partition coefficient (Wildman–Crippen LogP) is 9.10. The fraction of sp³-hybridized carbons (Fsp3) is 0. The Bertz CT molecular complexity index is 1960. The van der Waals surface area contributed by atoms with Crippen LogP contribution in [0.15, 0.2) is 133 Å². The maximum absolute atomic E-state index is 13.9. The SMILES string of the molecule is O=C(Nc1ccccc1-c1nc2ccccc2s1)c1cc(-c2ccc(-c3ccccc3)cc2)nc2ccccc12. The highest BCUT2D eigenvalue weighted by Gasteiger charge is 2.17. The van der Waals surface area contributed by atoms with Crippen molar-refractivity contribution in [2.24, 2.45) is 0 Å². The smallest absolute Gasteiger partial charge is 0.256 e. The number of hydrogen-bond acceptors (Lipinski definition) is 4. The van der Waals surface area contributed by atoms with Gasteiger partial charge in [0.05, 0.1) is 32.7 Å². The summed E-state index contributed by atoms with van der Waals surface area (Å²) < 4.78 is 1.11. The summed E-state index contributed by atoms with van der Waals surface area (Å²) in [6.07, 6.45) is 0. The van der Waals surface area contributed by atoms with E-state index in [-0.39, 0.29) is 5.91 Å². The molecule has 2 heterocycles. The van der Waals surface area contributed by atoms with Crippen LogP contribution in [-0.2, 0) is 0 Å². The van der Waals surface area contributed by atoms with Crippen molar-refractivity contribution in [3.63, 3.8) is 0 Å². The molecular formula is C35H23N3OS. The average Bonchev–Trinajstić information content (AvgIpc) is 3.45. The Balaban J connectivity index is 1.26. The molecule has 7 aromatic rings. The molecule has 0 bridgehead atoms. The van der Waals surface area contributed by atoms with Crippen molar-refractivity contribution in [2.75, 3.05) is 5.32 Å². The van der Waals surface area contributed by atoms with Gasteiger partial charge in [0.1, 0.15) is 5.01 Å². The summed E-state index contributed by atoms with van der Waals surface area (Å²) in [6, 6.07) is 44.1. The second-order valence-corrected chi connectivity index (χ2v) is 10.5. The molecule has 0 atom stereocenters. The van der Waals surface area contributed by atoms with Crippen molar-refractivity contribution in [3.05, 3.63) is 139 Å². The number of thiazole rings is 1. The van der Waals surface area contributed by atoms with E-state index in [1.165, 1.54) is 0 Å². The summed E-state index contributed by atoms with van der Waals surface area (Å²) in [5.41, 5.74) is 7.92. The summed E-state index contributed by atoms with van der Waals surface area (Å²) in [6.45, 7) is 0. The number of aromatic nitrogens is 2. The lowest BCUT2D eigenvalue weighted by Crippen LogP contribution is -2.13. The van der Waals surface area contributed by atoms with E-state index >= 15 is 0 Å². The minimum atomic E-state index is -0.186. The van der Waals surface area contributed by atoms with E-state index in [9.17, 15) is 4.79 Å². The molecular weight excluding hydrogens is 510 g/mol. The molecule has 0 saturated carbocycles. The lowest BCUT2D eigenvalue weighted by atomic mass is 10.0. The first-order valence-electron chi connectivity index (χ1n) is 13.0. The number of nitrogens with one attached hydrogen (secondary N) is 1. The van der Waals surface area contributed by atoms with Gasteiger partial charge in [0.25, 0.3) is 5.91 Å². The van der Waals surface area contributed by atoms with E-state index in [1.54, 1.807) is 11.3 Å².